The summed E-state index contributed by atoms with van der Waals surface area (Å²) < 4.78 is 6.94. The predicted octanol–water partition coefficient (Wildman–Crippen LogP) is 3.46. The van der Waals surface area contributed by atoms with E-state index in [1.165, 1.54) is 6.08 Å². The maximum Gasteiger partial charge on any atom is 0.338 e. The Labute approximate surface area is 157 Å². The van der Waals surface area contributed by atoms with Crippen molar-refractivity contribution in [3.05, 3.63) is 72.2 Å². The Morgan fingerprint density at radius 1 is 1.15 bits per heavy atom. The molecule has 27 heavy (non-hydrogen) atoms. The van der Waals surface area contributed by atoms with Crippen molar-refractivity contribution in [3.8, 4) is 5.69 Å². The summed E-state index contributed by atoms with van der Waals surface area (Å²) in [5.41, 5.74) is 3.42. The van der Waals surface area contributed by atoms with Crippen LogP contribution >= 0.6 is 0 Å². The van der Waals surface area contributed by atoms with Gasteiger partial charge in [-0.05, 0) is 43.3 Å². The number of carbonyl (C=O) groups excluding carboxylic acids is 2. The van der Waals surface area contributed by atoms with Gasteiger partial charge < -0.3 is 9.64 Å². The van der Waals surface area contributed by atoms with Gasteiger partial charge >= 0.3 is 5.97 Å². The fraction of sp³-hybridized carbons (Fsp3) is 0.190. The molecule has 0 amide bonds. The second-order valence-electron chi connectivity index (χ2n) is 6.23. The van der Waals surface area contributed by atoms with Gasteiger partial charge in [0.25, 0.3) is 0 Å². The lowest BCUT2D eigenvalue weighted by Gasteiger charge is -2.07. The van der Waals surface area contributed by atoms with Gasteiger partial charge in [0.05, 0.1) is 23.2 Å². The van der Waals surface area contributed by atoms with Crippen molar-refractivity contribution in [1.82, 2.24) is 14.5 Å². The molecule has 0 bridgehead atoms. The molecule has 0 saturated carbocycles. The minimum absolute atomic E-state index is 0.0792. The molecule has 0 spiro atoms. The van der Waals surface area contributed by atoms with E-state index in [4.69, 9.17) is 4.74 Å². The van der Waals surface area contributed by atoms with Gasteiger partial charge in [-0.15, -0.1) is 0 Å². The van der Waals surface area contributed by atoms with E-state index >= 15 is 0 Å². The predicted molar refractivity (Wildman–Crippen MR) is 104 cm³/mol. The number of allylic oxidation sites excluding steroid dienone is 1. The Morgan fingerprint density at radius 2 is 1.96 bits per heavy atom. The summed E-state index contributed by atoms with van der Waals surface area (Å²) in [5, 5.41) is 0. The molecular formula is C21H21N3O3. The summed E-state index contributed by atoms with van der Waals surface area (Å²) in [7, 11) is 3.72. The number of benzene rings is 2. The third-order valence-corrected chi connectivity index (χ3v) is 3.99. The van der Waals surface area contributed by atoms with Crippen LogP contribution in [-0.2, 0) is 4.74 Å². The van der Waals surface area contributed by atoms with Gasteiger partial charge in [-0.25, -0.2) is 9.78 Å². The first-order valence-corrected chi connectivity index (χ1v) is 8.63. The number of ketones is 1. The SMILES string of the molecule is CCOC(=O)c1cccc(-n2cnc3cc(C(=O)C=CN(C)C)ccc32)c1. The van der Waals surface area contributed by atoms with E-state index in [-0.39, 0.29) is 11.8 Å². The van der Waals surface area contributed by atoms with Crippen LogP contribution in [0.1, 0.15) is 27.6 Å². The highest BCUT2D eigenvalue weighted by Crippen LogP contribution is 2.21. The van der Waals surface area contributed by atoms with Crippen molar-refractivity contribution in [1.29, 1.82) is 0 Å². The van der Waals surface area contributed by atoms with E-state index in [1.54, 1.807) is 49.8 Å². The molecule has 0 atom stereocenters. The molecule has 0 aliphatic rings. The molecule has 3 aromatic rings. The summed E-state index contributed by atoms with van der Waals surface area (Å²) in [4.78, 5) is 30.4. The Balaban J connectivity index is 1.95. The third-order valence-electron chi connectivity index (χ3n) is 3.99. The van der Waals surface area contributed by atoms with Crippen LogP contribution in [0.4, 0.5) is 0 Å². The molecule has 0 aliphatic heterocycles. The van der Waals surface area contributed by atoms with Gasteiger partial charge in [0.2, 0.25) is 0 Å². The number of aromatic nitrogens is 2. The topological polar surface area (TPSA) is 64.4 Å². The average molecular weight is 363 g/mol. The second-order valence-corrected chi connectivity index (χ2v) is 6.23. The molecule has 0 fully saturated rings. The number of esters is 1. The Bertz CT molecular complexity index is 1020. The van der Waals surface area contributed by atoms with Gasteiger partial charge in [-0.2, -0.15) is 0 Å². The number of carbonyl (C=O) groups is 2. The smallest absolute Gasteiger partial charge is 0.338 e. The summed E-state index contributed by atoms with van der Waals surface area (Å²) >= 11 is 0. The van der Waals surface area contributed by atoms with Crippen LogP contribution < -0.4 is 0 Å². The van der Waals surface area contributed by atoms with Gasteiger partial charge in [-0.3, -0.25) is 9.36 Å². The van der Waals surface area contributed by atoms with Crippen LogP contribution in [-0.4, -0.2) is 46.9 Å². The quantitative estimate of drug-likeness (QED) is 0.381. The third kappa shape index (κ3) is 4.06. The molecule has 0 unspecified atom stereocenters. The van der Waals surface area contributed by atoms with Crippen molar-refractivity contribution >= 4 is 22.8 Å². The van der Waals surface area contributed by atoms with E-state index < -0.39 is 0 Å². The minimum atomic E-state index is -0.357. The first kappa shape index (κ1) is 18.4. The maximum atomic E-state index is 12.3. The number of hydrogen-bond acceptors (Lipinski definition) is 5. The number of hydrogen-bond donors (Lipinski definition) is 0. The van der Waals surface area contributed by atoms with Crippen LogP contribution in [0.25, 0.3) is 16.7 Å². The average Bonchev–Trinajstić information content (AvgIpc) is 3.09. The van der Waals surface area contributed by atoms with E-state index in [1.807, 2.05) is 35.7 Å². The first-order chi connectivity index (χ1) is 13.0. The van der Waals surface area contributed by atoms with Gasteiger partial charge in [-0.1, -0.05) is 6.07 Å². The van der Waals surface area contributed by atoms with E-state index in [0.717, 1.165) is 11.2 Å². The molecule has 0 saturated heterocycles. The Hall–Kier alpha value is -3.41. The molecule has 2 aromatic carbocycles. The van der Waals surface area contributed by atoms with Crippen LogP contribution in [0.15, 0.2) is 61.1 Å². The zero-order chi connectivity index (χ0) is 19.4. The highest BCUT2D eigenvalue weighted by atomic mass is 16.5. The normalized spacial score (nSPS) is 11.1. The lowest BCUT2D eigenvalue weighted by Crippen LogP contribution is -2.05. The number of ether oxygens (including phenoxy) is 1. The summed E-state index contributed by atoms with van der Waals surface area (Å²) in [6.07, 6.45) is 4.92. The Morgan fingerprint density at radius 3 is 2.70 bits per heavy atom. The van der Waals surface area contributed by atoms with Crippen LogP contribution in [0.5, 0.6) is 0 Å². The highest BCUT2D eigenvalue weighted by molar-refractivity contribution is 6.06. The largest absolute Gasteiger partial charge is 0.462 e. The molecule has 1 aromatic heterocycles. The molecular weight excluding hydrogens is 342 g/mol. The summed E-state index contributed by atoms with van der Waals surface area (Å²) in [6, 6.07) is 12.6. The standard InChI is InChI=1S/C21H21N3O3/c1-4-27-21(26)16-6-5-7-17(12-16)24-14-22-18-13-15(8-9-19(18)24)20(25)10-11-23(2)3/h5-14H,4H2,1-3H3. The maximum absolute atomic E-state index is 12.3. The highest BCUT2D eigenvalue weighted by Gasteiger charge is 2.11. The fourth-order valence-electron chi connectivity index (χ4n) is 2.68. The second kappa shape index (κ2) is 7.86. The van der Waals surface area contributed by atoms with Crippen molar-refractivity contribution in [2.45, 2.75) is 6.92 Å². The monoisotopic (exact) mass is 363 g/mol. The zero-order valence-electron chi connectivity index (χ0n) is 15.5. The molecule has 138 valence electrons. The van der Waals surface area contributed by atoms with Crippen molar-refractivity contribution in [2.24, 2.45) is 0 Å². The number of nitrogens with zero attached hydrogens (tertiary/aromatic N) is 3. The number of rotatable bonds is 6. The van der Waals surface area contributed by atoms with Crippen LogP contribution in [0.3, 0.4) is 0 Å². The molecule has 3 rings (SSSR count). The van der Waals surface area contributed by atoms with Gasteiger partial charge in [0.15, 0.2) is 5.78 Å². The number of fused-ring (bicyclic) bond motifs is 1. The van der Waals surface area contributed by atoms with Gasteiger partial charge in [0.1, 0.15) is 6.33 Å². The molecule has 0 aliphatic carbocycles. The van der Waals surface area contributed by atoms with Crippen molar-refractivity contribution < 1.29 is 14.3 Å². The van der Waals surface area contributed by atoms with Crippen molar-refractivity contribution in [2.75, 3.05) is 20.7 Å². The molecule has 1 heterocycles. The number of imidazole rings is 1. The minimum Gasteiger partial charge on any atom is -0.462 e. The van der Waals surface area contributed by atoms with E-state index in [2.05, 4.69) is 4.98 Å². The Kier molecular flexibility index (Phi) is 5.35. The first-order valence-electron chi connectivity index (χ1n) is 8.63. The lowest BCUT2D eigenvalue weighted by atomic mass is 10.1. The summed E-state index contributed by atoms with van der Waals surface area (Å²) in [5.74, 6) is -0.436. The molecule has 0 radical (unpaired) electrons. The zero-order valence-corrected chi connectivity index (χ0v) is 15.5. The van der Waals surface area contributed by atoms with Crippen LogP contribution in [0.2, 0.25) is 0 Å². The molecule has 6 heteroatoms. The van der Waals surface area contributed by atoms with Gasteiger partial charge in [0, 0.05) is 37.6 Å². The van der Waals surface area contributed by atoms with Crippen LogP contribution in [0, 0.1) is 0 Å². The van der Waals surface area contributed by atoms with E-state index in [0.29, 0.717) is 23.3 Å². The van der Waals surface area contributed by atoms with Crippen molar-refractivity contribution in [3.63, 3.8) is 0 Å². The molecule has 6 nitrogen and oxygen atoms in total. The molecule has 0 N–H and O–H groups in total. The van der Waals surface area contributed by atoms with E-state index in [9.17, 15) is 9.59 Å². The lowest BCUT2D eigenvalue weighted by molar-refractivity contribution is 0.0526. The fourth-order valence-corrected chi connectivity index (χ4v) is 2.68. The summed E-state index contributed by atoms with van der Waals surface area (Å²) in [6.45, 7) is 2.11.